The summed E-state index contributed by atoms with van der Waals surface area (Å²) < 4.78 is 5.67. The Morgan fingerprint density at radius 2 is 2.22 bits per heavy atom. The molecular formula is C15H17NO2. The van der Waals surface area contributed by atoms with Crippen molar-refractivity contribution in [3.05, 3.63) is 35.4 Å². The smallest absolute Gasteiger partial charge is 0.331 e. The number of ether oxygens (including phenoxy) is 1. The molecule has 3 rings (SSSR count). The molecule has 1 aliphatic heterocycles. The number of hydrogen-bond donors (Lipinski definition) is 0. The predicted octanol–water partition coefficient (Wildman–Crippen LogP) is 2.52. The lowest BCUT2D eigenvalue weighted by Crippen LogP contribution is -2.50. The van der Waals surface area contributed by atoms with E-state index in [1.807, 2.05) is 26.0 Å². The number of benzene rings is 1. The van der Waals surface area contributed by atoms with Gasteiger partial charge in [-0.2, -0.15) is 0 Å². The zero-order valence-corrected chi connectivity index (χ0v) is 10.8. The Morgan fingerprint density at radius 1 is 1.44 bits per heavy atom. The predicted molar refractivity (Wildman–Crippen MR) is 69.9 cm³/mol. The lowest BCUT2D eigenvalue weighted by molar-refractivity contribution is -0.156. The Hall–Kier alpha value is -1.64. The number of nitrogens with zero attached hydrogens (tertiary/aromatic N) is 1. The fourth-order valence-corrected chi connectivity index (χ4v) is 2.81. The van der Waals surface area contributed by atoms with E-state index in [0.29, 0.717) is 6.42 Å². The lowest BCUT2D eigenvalue weighted by Gasteiger charge is -2.40. The molecule has 0 bridgehead atoms. The molecule has 0 radical (unpaired) electrons. The van der Waals surface area contributed by atoms with Crippen LogP contribution in [0.25, 0.3) is 0 Å². The van der Waals surface area contributed by atoms with Gasteiger partial charge in [-0.3, -0.25) is 4.99 Å². The number of aliphatic imine (C=N–C) groups is 1. The number of carbonyl (C=O) groups is 1. The van der Waals surface area contributed by atoms with Crippen LogP contribution in [0, 0.1) is 0 Å². The fourth-order valence-electron chi connectivity index (χ4n) is 2.81. The second-order valence-electron chi connectivity index (χ2n) is 5.21. The van der Waals surface area contributed by atoms with Crippen LogP contribution in [0.3, 0.4) is 0 Å². The van der Waals surface area contributed by atoms with E-state index in [1.54, 1.807) is 0 Å². The summed E-state index contributed by atoms with van der Waals surface area (Å²) >= 11 is 0. The Balaban J connectivity index is 2.15. The maximum Gasteiger partial charge on any atom is 0.331 e. The zero-order valence-electron chi connectivity index (χ0n) is 10.8. The average molecular weight is 243 g/mol. The molecule has 0 saturated heterocycles. The van der Waals surface area contributed by atoms with Crippen LogP contribution in [0.5, 0.6) is 0 Å². The first kappa shape index (κ1) is 11.5. The van der Waals surface area contributed by atoms with E-state index < -0.39 is 5.60 Å². The molecule has 3 heteroatoms. The quantitative estimate of drug-likeness (QED) is 0.711. The largest absolute Gasteiger partial charge is 0.451 e. The van der Waals surface area contributed by atoms with Crippen molar-refractivity contribution in [2.75, 3.05) is 0 Å². The van der Waals surface area contributed by atoms with Crippen LogP contribution in [0.15, 0.2) is 29.3 Å². The van der Waals surface area contributed by atoms with Crippen molar-refractivity contribution < 1.29 is 9.53 Å². The summed E-state index contributed by atoms with van der Waals surface area (Å²) in [6.07, 6.45) is 2.46. The number of aryl methyl sites for hydroxylation is 1. The molecule has 1 heterocycles. The maximum absolute atomic E-state index is 11.9. The number of rotatable bonds is 1. The van der Waals surface area contributed by atoms with Crippen LogP contribution in [-0.4, -0.2) is 23.3 Å². The SMILES string of the molecule is CC[C@H]1N=C2c3ccccc3CC[C@]2(C)OC1=O. The second-order valence-corrected chi connectivity index (χ2v) is 5.21. The summed E-state index contributed by atoms with van der Waals surface area (Å²) in [5.74, 6) is -0.178. The van der Waals surface area contributed by atoms with E-state index in [2.05, 4.69) is 17.1 Å². The van der Waals surface area contributed by atoms with Gasteiger partial charge in [0.25, 0.3) is 0 Å². The van der Waals surface area contributed by atoms with Crippen LogP contribution in [0.1, 0.15) is 37.8 Å². The highest BCUT2D eigenvalue weighted by atomic mass is 16.6. The molecule has 0 amide bonds. The highest BCUT2D eigenvalue weighted by Crippen LogP contribution is 2.35. The number of esters is 1. The fraction of sp³-hybridized carbons (Fsp3) is 0.467. The van der Waals surface area contributed by atoms with Crippen LogP contribution in [-0.2, 0) is 16.0 Å². The van der Waals surface area contributed by atoms with Gasteiger partial charge < -0.3 is 4.74 Å². The van der Waals surface area contributed by atoms with Crippen molar-refractivity contribution in [1.29, 1.82) is 0 Å². The minimum Gasteiger partial charge on any atom is -0.451 e. The second kappa shape index (κ2) is 3.94. The summed E-state index contributed by atoms with van der Waals surface area (Å²) in [5, 5.41) is 0. The highest BCUT2D eigenvalue weighted by Gasteiger charge is 2.44. The van der Waals surface area contributed by atoms with Crippen LogP contribution in [0.4, 0.5) is 0 Å². The van der Waals surface area contributed by atoms with Crippen molar-refractivity contribution in [2.45, 2.75) is 44.8 Å². The number of fused-ring (bicyclic) bond motifs is 3. The van der Waals surface area contributed by atoms with Gasteiger partial charge in [0.1, 0.15) is 6.04 Å². The molecule has 0 saturated carbocycles. The molecule has 94 valence electrons. The van der Waals surface area contributed by atoms with Gasteiger partial charge in [-0.05, 0) is 31.7 Å². The van der Waals surface area contributed by atoms with Crippen molar-refractivity contribution in [3.8, 4) is 0 Å². The van der Waals surface area contributed by atoms with Crippen molar-refractivity contribution in [2.24, 2.45) is 4.99 Å². The van der Waals surface area contributed by atoms with Gasteiger partial charge in [0.15, 0.2) is 5.60 Å². The Bertz CT molecular complexity index is 535. The maximum atomic E-state index is 11.9. The summed E-state index contributed by atoms with van der Waals surface area (Å²) in [6.45, 7) is 3.94. The Labute approximate surface area is 107 Å². The van der Waals surface area contributed by atoms with Gasteiger partial charge in [-0.1, -0.05) is 31.2 Å². The monoisotopic (exact) mass is 243 g/mol. The van der Waals surface area contributed by atoms with Crippen molar-refractivity contribution in [1.82, 2.24) is 0 Å². The van der Waals surface area contributed by atoms with Crippen LogP contribution < -0.4 is 0 Å². The van der Waals surface area contributed by atoms with Crippen LogP contribution in [0.2, 0.25) is 0 Å². The first-order chi connectivity index (χ1) is 8.64. The van der Waals surface area contributed by atoms with Crippen molar-refractivity contribution in [3.63, 3.8) is 0 Å². The first-order valence-electron chi connectivity index (χ1n) is 6.53. The number of hydrogen-bond acceptors (Lipinski definition) is 3. The van der Waals surface area contributed by atoms with Gasteiger partial charge in [-0.25, -0.2) is 4.79 Å². The third kappa shape index (κ3) is 1.57. The molecule has 0 N–H and O–H groups in total. The minimum absolute atomic E-state index is 0.178. The molecule has 0 spiro atoms. The van der Waals surface area contributed by atoms with Crippen LogP contribution >= 0.6 is 0 Å². The molecular weight excluding hydrogens is 226 g/mol. The van der Waals surface area contributed by atoms with E-state index >= 15 is 0 Å². The van der Waals surface area contributed by atoms with Gasteiger partial charge in [0.05, 0.1) is 5.71 Å². The Morgan fingerprint density at radius 3 is 3.00 bits per heavy atom. The van der Waals surface area contributed by atoms with Gasteiger partial charge in [-0.15, -0.1) is 0 Å². The summed E-state index contributed by atoms with van der Waals surface area (Å²) in [7, 11) is 0. The third-order valence-corrected chi connectivity index (χ3v) is 3.91. The van der Waals surface area contributed by atoms with Crippen molar-refractivity contribution >= 4 is 11.7 Å². The average Bonchev–Trinajstić information content (AvgIpc) is 2.37. The normalized spacial score (nSPS) is 30.0. The summed E-state index contributed by atoms with van der Waals surface area (Å²) in [6, 6.07) is 7.95. The summed E-state index contributed by atoms with van der Waals surface area (Å²) in [4.78, 5) is 16.5. The van der Waals surface area contributed by atoms with Gasteiger partial charge in [0, 0.05) is 5.56 Å². The molecule has 3 nitrogen and oxygen atoms in total. The zero-order chi connectivity index (χ0) is 12.8. The molecule has 1 aromatic carbocycles. The molecule has 1 aliphatic carbocycles. The Kier molecular flexibility index (Phi) is 2.51. The lowest BCUT2D eigenvalue weighted by atomic mass is 9.78. The third-order valence-electron chi connectivity index (χ3n) is 3.91. The van der Waals surface area contributed by atoms with Gasteiger partial charge >= 0.3 is 5.97 Å². The van der Waals surface area contributed by atoms with E-state index in [0.717, 1.165) is 24.1 Å². The van der Waals surface area contributed by atoms with E-state index in [1.165, 1.54) is 5.56 Å². The number of carbonyl (C=O) groups excluding carboxylic acids is 1. The molecule has 0 unspecified atom stereocenters. The summed E-state index contributed by atoms with van der Waals surface area (Å²) in [5.41, 5.74) is 2.88. The highest BCUT2D eigenvalue weighted by molar-refractivity contribution is 6.11. The first-order valence-corrected chi connectivity index (χ1v) is 6.53. The van der Waals surface area contributed by atoms with E-state index in [4.69, 9.17) is 4.74 Å². The molecule has 18 heavy (non-hydrogen) atoms. The van der Waals surface area contributed by atoms with E-state index in [-0.39, 0.29) is 12.0 Å². The topological polar surface area (TPSA) is 38.7 Å². The molecule has 2 atom stereocenters. The molecule has 0 aromatic heterocycles. The van der Waals surface area contributed by atoms with Gasteiger partial charge in [0.2, 0.25) is 0 Å². The molecule has 1 aromatic rings. The standard InChI is InChI=1S/C15H17NO2/c1-3-12-14(17)18-15(2)9-8-10-6-4-5-7-11(10)13(15)16-12/h4-7,12H,3,8-9H2,1-2H3/t12-,15+/m1/s1. The van der Waals surface area contributed by atoms with E-state index in [9.17, 15) is 4.79 Å². The molecule has 2 aliphatic rings. The molecule has 0 fully saturated rings. The minimum atomic E-state index is -0.531.